The van der Waals surface area contributed by atoms with Gasteiger partial charge in [-0.05, 0) is 101 Å². The molecule has 8 rings (SSSR count). The summed E-state index contributed by atoms with van der Waals surface area (Å²) < 4.78 is 6.09. The number of hydrogen-bond donors (Lipinski definition) is 2. The Morgan fingerprint density at radius 1 is 0.696 bits per heavy atom. The minimum Gasteiger partial charge on any atom is -0.371 e. The smallest absolute Gasteiger partial charge is 0.323 e. The number of morpholine rings is 1. The summed E-state index contributed by atoms with van der Waals surface area (Å²) in [5, 5.41) is 5.94. The fourth-order valence-electron chi connectivity index (χ4n) is 7.64. The normalized spacial score (nSPS) is 26.4. The van der Waals surface area contributed by atoms with E-state index in [4.69, 9.17) is 19.7 Å². The van der Waals surface area contributed by atoms with E-state index in [1.54, 1.807) is 0 Å². The molecule has 2 amide bonds. The van der Waals surface area contributed by atoms with E-state index in [2.05, 4.69) is 56.2 Å². The van der Waals surface area contributed by atoms with Gasteiger partial charge in [0.25, 0.3) is 0 Å². The number of ether oxygens (including phenoxy) is 1. The first-order chi connectivity index (χ1) is 22.4. The molecule has 1 aliphatic carbocycles. The monoisotopic (exact) mass is 623 g/mol. The second kappa shape index (κ2) is 12.3. The number of amides is 2. The van der Waals surface area contributed by atoms with E-state index in [1.807, 2.05) is 36.4 Å². The van der Waals surface area contributed by atoms with E-state index in [-0.39, 0.29) is 18.2 Å². The van der Waals surface area contributed by atoms with Crippen LogP contribution in [-0.4, -0.2) is 95.5 Å². The van der Waals surface area contributed by atoms with Crippen LogP contribution < -0.4 is 25.3 Å². The highest BCUT2D eigenvalue weighted by atomic mass is 16.5. The third kappa shape index (κ3) is 6.22. The summed E-state index contributed by atoms with van der Waals surface area (Å²) >= 11 is 0. The van der Waals surface area contributed by atoms with Crippen molar-refractivity contribution in [3.05, 3.63) is 48.5 Å². The third-order valence-corrected chi connectivity index (χ3v) is 10.4. The molecule has 4 aliphatic heterocycles. The lowest BCUT2D eigenvalue weighted by molar-refractivity contribution is 0.0299. The Kier molecular flexibility index (Phi) is 7.89. The van der Waals surface area contributed by atoms with E-state index in [1.165, 1.54) is 18.5 Å². The van der Waals surface area contributed by atoms with Crippen molar-refractivity contribution in [3.63, 3.8) is 0 Å². The molecule has 4 unspecified atom stereocenters. The first-order valence-electron chi connectivity index (χ1n) is 17.2. The van der Waals surface area contributed by atoms with E-state index >= 15 is 0 Å². The number of carbonyl (C=O) groups excluding carboxylic acids is 1. The summed E-state index contributed by atoms with van der Waals surface area (Å²) in [4.78, 5) is 37.5. The molecule has 11 heteroatoms. The van der Waals surface area contributed by atoms with Gasteiger partial charge in [-0.3, -0.25) is 4.90 Å². The highest BCUT2D eigenvalue weighted by Gasteiger charge is 2.36. The molecule has 0 radical (unpaired) electrons. The third-order valence-electron chi connectivity index (χ3n) is 10.4. The van der Waals surface area contributed by atoms with Crippen LogP contribution in [0.5, 0.6) is 0 Å². The minimum absolute atomic E-state index is 0.245. The summed E-state index contributed by atoms with van der Waals surface area (Å²) in [7, 11) is 0. The van der Waals surface area contributed by atoms with Gasteiger partial charge in [0.1, 0.15) is 0 Å². The maximum Gasteiger partial charge on any atom is 0.323 e. The van der Waals surface area contributed by atoms with Crippen LogP contribution in [0.4, 0.5) is 33.8 Å². The Morgan fingerprint density at radius 2 is 1.28 bits per heavy atom. The van der Waals surface area contributed by atoms with Gasteiger partial charge in [-0.2, -0.15) is 15.0 Å². The average Bonchev–Trinajstić information content (AvgIpc) is 3.80. The van der Waals surface area contributed by atoms with Crippen LogP contribution in [0, 0.1) is 0 Å². The van der Waals surface area contributed by atoms with Crippen molar-refractivity contribution < 1.29 is 9.53 Å². The first-order valence-corrected chi connectivity index (χ1v) is 17.2. The summed E-state index contributed by atoms with van der Waals surface area (Å²) in [6.45, 7) is 10.5. The molecule has 5 aliphatic rings. The molecule has 4 saturated heterocycles. The summed E-state index contributed by atoms with van der Waals surface area (Å²) in [6, 6.07) is 17.2. The number of rotatable bonds is 7. The number of fused-ring (bicyclic) bond motifs is 2. The molecule has 46 heavy (non-hydrogen) atoms. The van der Waals surface area contributed by atoms with Crippen molar-refractivity contribution in [1.29, 1.82) is 0 Å². The van der Waals surface area contributed by atoms with Gasteiger partial charge in [-0.25, -0.2) is 4.79 Å². The van der Waals surface area contributed by atoms with Gasteiger partial charge in [0.2, 0.25) is 11.9 Å². The topological polar surface area (TPSA) is 102 Å². The molecular weight excluding hydrogens is 578 g/mol. The van der Waals surface area contributed by atoms with Crippen molar-refractivity contribution in [2.75, 3.05) is 64.6 Å². The second-order valence-corrected chi connectivity index (χ2v) is 13.8. The number of nitrogens with one attached hydrogen (secondary N) is 2. The lowest BCUT2D eigenvalue weighted by atomic mass is 10.2. The highest BCUT2D eigenvalue weighted by Crippen LogP contribution is 2.33. The quantitative estimate of drug-likeness (QED) is 0.367. The number of anilines is 5. The maximum absolute atomic E-state index is 12.9. The molecule has 3 aromatic rings. The number of nitrogens with zero attached hydrogens (tertiary/aromatic N) is 7. The van der Waals surface area contributed by atoms with E-state index in [0.717, 1.165) is 94.1 Å². The predicted molar refractivity (Wildman–Crippen MR) is 182 cm³/mol. The summed E-state index contributed by atoms with van der Waals surface area (Å²) in [6.07, 6.45) is 7.66. The Morgan fingerprint density at radius 3 is 1.89 bits per heavy atom. The van der Waals surface area contributed by atoms with Crippen molar-refractivity contribution in [1.82, 2.24) is 19.9 Å². The lowest BCUT2D eigenvalue weighted by Crippen LogP contribution is -2.47. The largest absolute Gasteiger partial charge is 0.371 e. The van der Waals surface area contributed by atoms with E-state index < -0.39 is 0 Å². The molecule has 0 spiro atoms. The summed E-state index contributed by atoms with van der Waals surface area (Å²) in [5.41, 5.74) is 3.56. The molecule has 5 fully saturated rings. The van der Waals surface area contributed by atoms with Crippen LogP contribution in [0.15, 0.2) is 48.5 Å². The number of aromatic nitrogens is 3. The van der Waals surface area contributed by atoms with E-state index in [9.17, 15) is 4.79 Å². The van der Waals surface area contributed by atoms with Gasteiger partial charge >= 0.3 is 6.03 Å². The SMILES string of the molecule is CC1CCC(C)N1c1nc(-c2ccc(NC(=O)Nc3ccc(N4CCN(C5CC5)CC4)cc3)cc2)nc(N2CC3CCC(C2)O3)n1. The fourth-order valence-corrected chi connectivity index (χ4v) is 7.64. The molecule has 5 heterocycles. The molecule has 2 bridgehead atoms. The zero-order valence-corrected chi connectivity index (χ0v) is 26.9. The predicted octanol–water partition coefficient (Wildman–Crippen LogP) is 5.21. The first kappa shape index (κ1) is 29.4. The average molecular weight is 624 g/mol. The summed E-state index contributed by atoms with van der Waals surface area (Å²) in [5.74, 6) is 2.11. The molecule has 2 N–H and O–H groups in total. The number of benzene rings is 2. The van der Waals surface area contributed by atoms with Crippen LogP contribution in [0.2, 0.25) is 0 Å². The second-order valence-electron chi connectivity index (χ2n) is 13.8. The molecule has 4 atom stereocenters. The fraction of sp³-hybridized carbons (Fsp3) is 0.543. The van der Waals surface area contributed by atoms with Gasteiger partial charge in [0.15, 0.2) is 5.82 Å². The van der Waals surface area contributed by atoms with Gasteiger partial charge in [0.05, 0.1) is 12.2 Å². The van der Waals surface area contributed by atoms with Crippen molar-refractivity contribution in [3.8, 4) is 11.4 Å². The minimum atomic E-state index is -0.276. The Labute approximate surface area is 271 Å². The highest BCUT2D eigenvalue weighted by molar-refractivity contribution is 6.00. The zero-order chi connectivity index (χ0) is 31.2. The Hall–Kier alpha value is -3.96. The van der Waals surface area contributed by atoms with Gasteiger partial charge in [0, 0.05) is 80.0 Å². The maximum atomic E-state index is 12.9. The van der Waals surface area contributed by atoms with Crippen molar-refractivity contribution in [2.24, 2.45) is 0 Å². The van der Waals surface area contributed by atoms with E-state index in [0.29, 0.717) is 23.6 Å². The number of carbonyl (C=O) groups is 1. The molecule has 1 saturated carbocycles. The van der Waals surface area contributed by atoms with Crippen molar-refractivity contribution >= 4 is 35.0 Å². The Balaban J connectivity index is 0.934. The zero-order valence-electron chi connectivity index (χ0n) is 26.9. The van der Waals surface area contributed by atoms with Gasteiger partial charge in [-0.15, -0.1) is 0 Å². The van der Waals surface area contributed by atoms with Crippen molar-refractivity contribution in [2.45, 2.75) is 82.7 Å². The van der Waals surface area contributed by atoms with Crippen LogP contribution in [0.3, 0.4) is 0 Å². The van der Waals surface area contributed by atoms with Crippen LogP contribution in [-0.2, 0) is 4.74 Å². The Bertz CT molecular complexity index is 1520. The number of urea groups is 1. The van der Waals surface area contributed by atoms with Gasteiger partial charge in [-0.1, -0.05) is 0 Å². The van der Waals surface area contributed by atoms with Crippen LogP contribution in [0.1, 0.15) is 52.4 Å². The molecule has 11 nitrogen and oxygen atoms in total. The number of piperazine rings is 1. The molecule has 242 valence electrons. The number of hydrogen-bond acceptors (Lipinski definition) is 9. The lowest BCUT2D eigenvalue weighted by Gasteiger charge is -2.36. The molecule has 1 aromatic heterocycles. The molecule has 2 aromatic carbocycles. The van der Waals surface area contributed by atoms with Crippen LogP contribution in [0.25, 0.3) is 11.4 Å². The van der Waals surface area contributed by atoms with Gasteiger partial charge < -0.3 is 30.1 Å². The standard InChI is InChI=1S/C35H45N9O2/c1-23-3-4-24(2)44(23)34-39-32(38-33(40-34)43-21-30-15-16-31(22-43)46-30)25-5-7-26(8-6-25)36-35(45)37-27-9-11-28(12-10-27)41-17-19-42(20-18-41)29-13-14-29/h5-12,23-24,29-31H,3-4,13-22H2,1-2H3,(H2,36,37,45). The molecular formula is C35H45N9O2. The van der Waals surface area contributed by atoms with Crippen LogP contribution >= 0.6 is 0 Å².